The van der Waals surface area contributed by atoms with E-state index >= 15 is 0 Å². The van der Waals surface area contributed by atoms with Crippen LogP contribution in [0.5, 0.6) is 5.75 Å². The van der Waals surface area contributed by atoms with E-state index in [2.05, 4.69) is 17.6 Å². The first-order chi connectivity index (χ1) is 11.5. The third kappa shape index (κ3) is 5.35. The molecule has 1 amide bonds. The molecule has 24 heavy (non-hydrogen) atoms. The monoisotopic (exact) mass is 342 g/mol. The fourth-order valence-corrected chi connectivity index (χ4v) is 2.27. The number of rotatable bonds is 5. The highest BCUT2D eigenvalue weighted by atomic mass is 32.1. The summed E-state index contributed by atoms with van der Waals surface area (Å²) in [5.41, 5.74) is 2.40. The average molecular weight is 342 g/mol. The third-order valence-corrected chi connectivity index (χ3v) is 3.74. The van der Waals surface area contributed by atoms with E-state index in [0.717, 1.165) is 23.4 Å². The Bertz CT molecular complexity index is 714. The normalized spacial score (nSPS) is 11.5. The molecule has 0 saturated heterocycles. The number of anilines is 1. The van der Waals surface area contributed by atoms with E-state index in [9.17, 15) is 4.79 Å². The standard InChI is InChI=1S/C19H22N2O2S/c1-4-14(3)23-17-10-8-16(9-11-17)20-19(24)21-18(22)15-7-5-6-13(2)12-15/h5-12,14H,4H2,1-3H3,(H2,20,21,22,24). The second-order valence-corrected chi connectivity index (χ2v) is 6.05. The Morgan fingerprint density at radius 3 is 2.54 bits per heavy atom. The lowest BCUT2D eigenvalue weighted by atomic mass is 10.1. The summed E-state index contributed by atoms with van der Waals surface area (Å²) in [4.78, 5) is 12.1. The van der Waals surface area contributed by atoms with Gasteiger partial charge in [-0.3, -0.25) is 10.1 Å². The van der Waals surface area contributed by atoms with Gasteiger partial charge in [0.05, 0.1) is 6.10 Å². The van der Waals surface area contributed by atoms with Crippen LogP contribution in [-0.2, 0) is 0 Å². The van der Waals surface area contributed by atoms with Crippen molar-refractivity contribution < 1.29 is 9.53 Å². The number of hydrogen-bond acceptors (Lipinski definition) is 3. The van der Waals surface area contributed by atoms with Gasteiger partial charge in [0.2, 0.25) is 0 Å². The first-order valence-electron chi connectivity index (χ1n) is 7.93. The van der Waals surface area contributed by atoms with Crippen LogP contribution >= 0.6 is 12.2 Å². The maximum Gasteiger partial charge on any atom is 0.257 e. The average Bonchev–Trinajstić information content (AvgIpc) is 2.56. The van der Waals surface area contributed by atoms with Crippen LogP contribution in [0.1, 0.15) is 36.2 Å². The molecule has 0 aliphatic heterocycles. The topological polar surface area (TPSA) is 50.4 Å². The zero-order chi connectivity index (χ0) is 17.5. The first-order valence-corrected chi connectivity index (χ1v) is 8.34. The lowest BCUT2D eigenvalue weighted by molar-refractivity contribution is 0.0977. The van der Waals surface area contributed by atoms with Gasteiger partial charge in [0, 0.05) is 11.3 Å². The van der Waals surface area contributed by atoms with E-state index in [4.69, 9.17) is 17.0 Å². The molecule has 0 saturated carbocycles. The minimum Gasteiger partial charge on any atom is -0.491 e. The maximum absolute atomic E-state index is 12.1. The van der Waals surface area contributed by atoms with Crippen molar-refractivity contribution in [3.63, 3.8) is 0 Å². The van der Waals surface area contributed by atoms with E-state index in [1.807, 2.05) is 56.3 Å². The summed E-state index contributed by atoms with van der Waals surface area (Å²) < 4.78 is 5.73. The number of ether oxygens (including phenoxy) is 1. The lowest BCUT2D eigenvalue weighted by Crippen LogP contribution is -2.34. The van der Waals surface area contributed by atoms with Gasteiger partial charge in [0.25, 0.3) is 5.91 Å². The summed E-state index contributed by atoms with van der Waals surface area (Å²) in [6.45, 7) is 6.05. The van der Waals surface area contributed by atoms with E-state index in [0.29, 0.717) is 5.56 Å². The molecule has 0 fully saturated rings. The van der Waals surface area contributed by atoms with Crippen molar-refractivity contribution in [1.82, 2.24) is 5.32 Å². The Hall–Kier alpha value is -2.40. The molecule has 0 aromatic heterocycles. The van der Waals surface area contributed by atoms with Crippen molar-refractivity contribution in [1.29, 1.82) is 0 Å². The van der Waals surface area contributed by atoms with Crippen LogP contribution < -0.4 is 15.4 Å². The summed E-state index contributed by atoms with van der Waals surface area (Å²) in [6, 6.07) is 14.8. The van der Waals surface area contributed by atoms with E-state index in [-0.39, 0.29) is 17.1 Å². The molecule has 1 unspecified atom stereocenters. The molecule has 0 spiro atoms. The van der Waals surface area contributed by atoms with Gasteiger partial charge in [0.1, 0.15) is 5.75 Å². The molecule has 126 valence electrons. The van der Waals surface area contributed by atoms with Crippen LogP contribution in [0.25, 0.3) is 0 Å². The minimum absolute atomic E-state index is 0.179. The minimum atomic E-state index is -0.229. The van der Waals surface area contributed by atoms with Gasteiger partial charge < -0.3 is 10.1 Å². The lowest BCUT2D eigenvalue weighted by Gasteiger charge is -2.14. The first kappa shape index (κ1) is 17.9. The van der Waals surface area contributed by atoms with Crippen molar-refractivity contribution in [2.75, 3.05) is 5.32 Å². The number of carbonyl (C=O) groups is 1. The van der Waals surface area contributed by atoms with E-state index < -0.39 is 0 Å². The Morgan fingerprint density at radius 2 is 1.92 bits per heavy atom. The van der Waals surface area contributed by atoms with Gasteiger partial charge in [-0.25, -0.2) is 0 Å². The van der Waals surface area contributed by atoms with Crippen LogP contribution in [0, 0.1) is 6.92 Å². The largest absolute Gasteiger partial charge is 0.491 e. The van der Waals surface area contributed by atoms with Crippen LogP contribution in [0.3, 0.4) is 0 Å². The summed E-state index contributed by atoms with van der Waals surface area (Å²) >= 11 is 5.19. The second kappa shape index (κ2) is 8.45. The number of benzene rings is 2. The predicted octanol–water partition coefficient (Wildman–Crippen LogP) is 4.30. The number of hydrogen-bond donors (Lipinski definition) is 2. The molecule has 2 rings (SSSR count). The van der Waals surface area contributed by atoms with Crippen molar-refractivity contribution in [3.05, 3.63) is 59.7 Å². The molecule has 5 heteroatoms. The highest BCUT2D eigenvalue weighted by Crippen LogP contribution is 2.17. The Morgan fingerprint density at radius 1 is 1.21 bits per heavy atom. The van der Waals surface area contributed by atoms with Gasteiger partial charge in [0.15, 0.2) is 5.11 Å². The van der Waals surface area contributed by atoms with E-state index in [1.165, 1.54) is 0 Å². The third-order valence-electron chi connectivity index (χ3n) is 3.53. The van der Waals surface area contributed by atoms with Gasteiger partial charge in [-0.05, 0) is 68.9 Å². The maximum atomic E-state index is 12.1. The quantitative estimate of drug-likeness (QED) is 0.796. The Labute approximate surface area is 148 Å². The SMILES string of the molecule is CCC(C)Oc1ccc(NC(=S)NC(=O)c2cccc(C)c2)cc1. The number of aryl methyl sites for hydroxylation is 1. The molecule has 2 N–H and O–H groups in total. The summed E-state index contributed by atoms with van der Waals surface area (Å²) in [5.74, 6) is 0.581. The second-order valence-electron chi connectivity index (χ2n) is 5.64. The van der Waals surface area contributed by atoms with Gasteiger partial charge in [-0.2, -0.15) is 0 Å². The molecule has 1 atom stereocenters. The Balaban J connectivity index is 1.91. The number of nitrogens with one attached hydrogen (secondary N) is 2. The smallest absolute Gasteiger partial charge is 0.257 e. The van der Waals surface area contributed by atoms with Crippen LogP contribution in [-0.4, -0.2) is 17.1 Å². The van der Waals surface area contributed by atoms with Crippen molar-refractivity contribution >= 4 is 28.9 Å². The van der Waals surface area contributed by atoms with Crippen LogP contribution in [0.2, 0.25) is 0 Å². The van der Waals surface area contributed by atoms with Crippen LogP contribution in [0.15, 0.2) is 48.5 Å². The molecule has 0 bridgehead atoms. The highest BCUT2D eigenvalue weighted by Gasteiger charge is 2.08. The number of thiocarbonyl (C=S) groups is 1. The molecular weight excluding hydrogens is 320 g/mol. The highest BCUT2D eigenvalue weighted by molar-refractivity contribution is 7.80. The molecule has 0 heterocycles. The Kier molecular flexibility index (Phi) is 6.32. The van der Waals surface area contributed by atoms with Gasteiger partial charge in [-0.15, -0.1) is 0 Å². The fraction of sp³-hybridized carbons (Fsp3) is 0.263. The summed E-state index contributed by atoms with van der Waals surface area (Å²) in [7, 11) is 0. The van der Waals surface area contributed by atoms with Gasteiger partial charge in [-0.1, -0.05) is 24.6 Å². The zero-order valence-electron chi connectivity index (χ0n) is 14.1. The number of carbonyl (C=O) groups excluding carboxylic acids is 1. The molecule has 2 aromatic carbocycles. The fourth-order valence-electron chi connectivity index (χ4n) is 2.06. The molecule has 0 radical (unpaired) electrons. The predicted molar refractivity (Wildman–Crippen MR) is 102 cm³/mol. The number of amides is 1. The van der Waals surface area contributed by atoms with E-state index in [1.54, 1.807) is 6.07 Å². The molecule has 4 nitrogen and oxygen atoms in total. The van der Waals surface area contributed by atoms with Crippen molar-refractivity contribution in [2.45, 2.75) is 33.3 Å². The van der Waals surface area contributed by atoms with Gasteiger partial charge >= 0.3 is 0 Å². The summed E-state index contributed by atoms with van der Waals surface area (Å²) in [5, 5.41) is 5.93. The van der Waals surface area contributed by atoms with Crippen molar-refractivity contribution in [2.24, 2.45) is 0 Å². The molecular formula is C19H22N2O2S. The summed E-state index contributed by atoms with van der Waals surface area (Å²) in [6.07, 6.45) is 1.13. The molecule has 0 aliphatic carbocycles. The molecule has 2 aromatic rings. The molecule has 0 aliphatic rings. The van der Waals surface area contributed by atoms with Crippen molar-refractivity contribution in [3.8, 4) is 5.75 Å². The van der Waals surface area contributed by atoms with Crippen LogP contribution in [0.4, 0.5) is 5.69 Å². The zero-order valence-corrected chi connectivity index (χ0v) is 14.9.